The molecule has 0 unspecified atom stereocenters. The van der Waals surface area contributed by atoms with Crippen LogP contribution in [0, 0.1) is 0 Å². The molecule has 0 fully saturated rings. The number of nitrogens with one attached hydrogen (secondary N) is 1. The van der Waals surface area contributed by atoms with Crippen molar-refractivity contribution in [2.45, 2.75) is 25.7 Å². The van der Waals surface area contributed by atoms with Crippen LogP contribution in [0.4, 0.5) is 10.8 Å². The van der Waals surface area contributed by atoms with Crippen LogP contribution in [0.25, 0.3) is 0 Å². The van der Waals surface area contributed by atoms with Crippen LogP contribution in [0.5, 0.6) is 0 Å². The lowest BCUT2D eigenvalue weighted by atomic mass is 10.0. The summed E-state index contributed by atoms with van der Waals surface area (Å²) in [5.74, 6) is 0. The van der Waals surface area contributed by atoms with Crippen molar-refractivity contribution in [3.8, 4) is 0 Å². The molecule has 0 amide bonds. The normalized spacial score (nSPS) is 14.3. The molecule has 2 aromatic rings. The molecule has 94 valence electrons. The lowest BCUT2D eigenvalue weighted by molar-refractivity contribution is 0.683. The van der Waals surface area contributed by atoms with Gasteiger partial charge < -0.3 is 5.32 Å². The molecule has 1 heterocycles. The number of hydrogen-bond acceptors (Lipinski definition) is 3. The zero-order valence-electron chi connectivity index (χ0n) is 9.67. The molecule has 3 rings (SSSR count). The quantitative estimate of drug-likeness (QED) is 0.837. The van der Waals surface area contributed by atoms with Gasteiger partial charge in [0.25, 0.3) is 0 Å². The first kappa shape index (κ1) is 12.3. The van der Waals surface area contributed by atoms with Gasteiger partial charge in [-0.15, -0.1) is 11.3 Å². The van der Waals surface area contributed by atoms with Crippen LogP contribution >= 0.6 is 34.5 Å². The fourth-order valence-corrected chi connectivity index (χ4v) is 3.75. The molecule has 2 nitrogen and oxygen atoms in total. The van der Waals surface area contributed by atoms with Crippen molar-refractivity contribution in [3.63, 3.8) is 0 Å². The summed E-state index contributed by atoms with van der Waals surface area (Å²) >= 11 is 13.7. The molecule has 0 spiro atoms. The van der Waals surface area contributed by atoms with E-state index in [1.165, 1.54) is 23.4 Å². The van der Waals surface area contributed by atoms with E-state index < -0.39 is 0 Å². The van der Waals surface area contributed by atoms with Crippen molar-refractivity contribution in [1.82, 2.24) is 4.98 Å². The minimum Gasteiger partial charge on any atom is -0.331 e. The Bertz CT molecular complexity index is 537. The molecule has 0 saturated carbocycles. The molecule has 0 saturated heterocycles. The minimum absolute atomic E-state index is 0.631. The number of aromatic nitrogens is 1. The maximum absolute atomic E-state index is 5.98. The number of nitrogens with zero attached hydrogens (tertiary/aromatic N) is 1. The van der Waals surface area contributed by atoms with Crippen molar-refractivity contribution >= 4 is 45.4 Å². The van der Waals surface area contributed by atoms with E-state index in [1.54, 1.807) is 17.4 Å². The van der Waals surface area contributed by atoms with Crippen LogP contribution in [0.2, 0.25) is 10.0 Å². The van der Waals surface area contributed by atoms with E-state index in [1.807, 2.05) is 12.1 Å². The van der Waals surface area contributed by atoms with Crippen LogP contribution < -0.4 is 5.32 Å². The summed E-state index contributed by atoms with van der Waals surface area (Å²) in [5.41, 5.74) is 2.14. The van der Waals surface area contributed by atoms with Gasteiger partial charge in [0, 0.05) is 20.6 Å². The molecule has 1 aliphatic rings. The maximum Gasteiger partial charge on any atom is 0.187 e. The highest BCUT2D eigenvalue weighted by Crippen LogP contribution is 2.32. The molecular formula is C13H12Cl2N2S. The van der Waals surface area contributed by atoms with Crippen LogP contribution in [0.15, 0.2) is 18.2 Å². The van der Waals surface area contributed by atoms with Crippen molar-refractivity contribution in [1.29, 1.82) is 0 Å². The Morgan fingerprint density at radius 1 is 1.06 bits per heavy atom. The fraction of sp³-hybridized carbons (Fsp3) is 0.308. The molecule has 18 heavy (non-hydrogen) atoms. The van der Waals surface area contributed by atoms with Gasteiger partial charge in [0.15, 0.2) is 5.13 Å². The second-order valence-electron chi connectivity index (χ2n) is 4.38. The third-order valence-corrected chi connectivity index (χ3v) is 4.47. The summed E-state index contributed by atoms with van der Waals surface area (Å²) in [5, 5.41) is 5.47. The van der Waals surface area contributed by atoms with Crippen molar-refractivity contribution in [2.75, 3.05) is 5.32 Å². The molecule has 0 atom stereocenters. The second-order valence-corrected chi connectivity index (χ2v) is 6.34. The van der Waals surface area contributed by atoms with E-state index in [0.29, 0.717) is 10.0 Å². The molecule has 1 aliphatic carbocycles. The molecule has 1 aromatic heterocycles. The smallest absolute Gasteiger partial charge is 0.187 e. The Balaban J connectivity index is 1.85. The molecular weight excluding hydrogens is 287 g/mol. The summed E-state index contributed by atoms with van der Waals surface area (Å²) in [4.78, 5) is 6.04. The molecule has 0 radical (unpaired) electrons. The summed E-state index contributed by atoms with van der Waals surface area (Å²) in [6.07, 6.45) is 4.78. The SMILES string of the molecule is Clc1cc(Cl)cc(Nc2nc3c(s2)CCCC3)c1. The Morgan fingerprint density at radius 3 is 2.50 bits per heavy atom. The van der Waals surface area contributed by atoms with Gasteiger partial charge >= 0.3 is 0 Å². The Kier molecular flexibility index (Phi) is 3.46. The first-order valence-corrected chi connectivity index (χ1v) is 7.50. The first-order valence-electron chi connectivity index (χ1n) is 5.92. The highest BCUT2D eigenvalue weighted by molar-refractivity contribution is 7.15. The number of hydrogen-bond donors (Lipinski definition) is 1. The lowest BCUT2D eigenvalue weighted by Crippen LogP contribution is -1.99. The third kappa shape index (κ3) is 2.63. The average molecular weight is 299 g/mol. The van der Waals surface area contributed by atoms with Gasteiger partial charge in [-0.3, -0.25) is 0 Å². The predicted octanol–water partition coefficient (Wildman–Crippen LogP) is 5.07. The number of anilines is 2. The highest BCUT2D eigenvalue weighted by atomic mass is 35.5. The van der Waals surface area contributed by atoms with Gasteiger partial charge in [0.05, 0.1) is 5.69 Å². The van der Waals surface area contributed by atoms with Crippen molar-refractivity contribution < 1.29 is 0 Å². The van der Waals surface area contributed by atoms with E-state index in [9.17, 15) is 0 Å². The molecule has 5 heteroatoms. The molecule has 1 aromatic carbocycles. The van der Waals surface area contributed by atoms with E-state index >= 15 is 0 Å². The van der Waals surface area contributed by atoms with Gasteiger partial charge in [0.2, 0.25) is 0 Å². The number of fused-ring (bicyclic) bond motifs is 1. The topological polar surface area (TPSA) is 24.9 Å². The van der Waals surface area contributed by atoms with Gasteiger partial charge in [0.1, 0.15) is 0 Å². The number of aryl methyl sites for hydroxylation is 2. The zero-order valence-corrected chi connectivity index (χ0v) is 12.0. The zero-order chi connectivity index (χ0) is 12.5. The Labute approximate surface area is 120 Å². The van der Waals surface area contributed by atoms with Crippen molar-refractivity contribution in [3.05, 3.63) is 38.8 Å². The highest BCUT2D eigenvalue weighted by Gasteiger charge is 2.15. The Hall–Kier alpha value is -0.770. The van der Waals surface area contributed by atoms with Crippen LogP contribution in [-0.4, -0.2) is 4.98 Å². The summed E-state index contributed by atoms with van der Waals surface area (Å²) < 4.78 is 0. The molecule has 1 N–H and O–H groups in total. The lowest BCUT2D eigenvalue weighted by Gasteiger charge is -2.06. The monoisotopic (exact) mass is 298 g/mol. The average Bonchev–Trinajstić information content (AvgIpc) is 2.69. The first-order chi connectivity index (χ1) is 8.70. The van der Waals surface area contributed by atoms with E-state index in [0.717, 1.165) is 23.7 Å². The number of halogens is 2. The standard InChI is InChI=1S/C13H12Cl2N2S/c14-8-5-9(15)7-10(6-8)16-13-17-11-3-1-2-4-12(11)18-13/h5-7H,1-4H2,(H,16,17). The van der Waals surface area contributed by atoms with E-state index in [4.69, 9.17) is 23.2 Å². The van der Waals surface area contributed by atoms with E-state index in [2.05, 4.69) is 10.3 Å². The Morgan fingerprint density at radius 2 is 1.78 bits per heavy atom. The van der Waals surface area contributed by atoms with Gasteiger partial charge in [-0.2, -0.15) is 0 Å². The third-order valence-electron chi connectivity index (χ3n) is 2.96. The number of benzene rings is 1. The van der Waals surface area contributed by atoms with E-state index in [-0.39, 0.29) is 0 Å². The summed E-state index contributed by atoms with van der Waals surface area (Å²) in [6.45, 7) is 0. The van der Waals surface area contributed by atoms with Crippen molar-refractivity contribution in [2.24, 2.45) is 0 Å². The molecule has 0 aliphatic heterocycles. The minimum atomic E-state index is 0.631. The predicted molar refractivity (Wildman–Crippen MR) is 78.5 cm³/mol. The second kappa shape index (κ2) is 5.08. The summed E-state index contributed by atoms with van der Waals surface area (Å²) in [7, 11) is 0. The number of thiazole rings is 1. The van der Waals surface area contributed by atoms with Gasteiger partial charge in [-0.1, -0.05) is 23.2 Å². The van der Waals surface area contributed by atoms with Crippen LogP contribution in [0.3, 0.4) is 0 Å². The molecule has 0 bridgehead atoms. The fourth-order valence-electron chi connectivity index (χ4n) is 2.15. The number of rotatable bonds is 2. The van der Waals surface area contributed by atoms with Gasteiger partial charge in [-0.05, 0) is 43.9 Å². The van der Waals surface area contributed by atoms with Crippen LogP contribution in [0.1, 0.15) is 23.4 Å². The van der Waals surface area contributed by atoms with Crippen LogP contribution in [-0.2, 0) is 12.8 Å². The largest absolute Gasteiger partial charge is 0.331 e. The maximum atomic E-state index is 5.98. The van der Waals surface area contributed by atoms with Gasteiger partial charge in [-0.25, -0.2) is 4.98 Å². The summed E-state index contributed by atoms with van der Waals surface area (Å²) in [6, 6.07) is 5.43.